The van der Waals surface area contributed by atoms with Crippen molar-refractivity contribution in [1.82, 2.24) is 0 Å². The normalized spacial score (nSPS) is 11.1. The molecule has 4 aromatic carbocycles. The first-order valence-electron chi connectivity index (χ1n) is 28.3. The van der Waals surface area contributed by atoms with E-state index in [0.29, 0.717) is 159 Å². The molecule has 16 nitrogen and oxygen atoms in total. The Balaban J connectivity index is 1.61. The van der Waals surface area contributed by atoms with E-state index in [-0.39, 0.29) is 6.61 Å². The van der Waals surface area contributed by atoms with Crippen LogP contribution in [0.15, 0.2) is 137 Å². The van der Waals surface area contributed by atoms with Crippen molar-refractivity contribution in [3.05, 3.63) is 159 Å². The Kier molecular flexibility index (Phi) is 36.4. The van der Waals surface area contributed by atoms with Crippen molar-refractivity contribution in [2.24, 2.45) is 0 Å². The zero-order chi connectivity index (χ0) is 58.3. The molecule has 0 fully saturated rings. The van der Waals surface area contributed by atoms with Crippen LogP contribution in [0.2, 0.25) is 0 Å². The van der Waals surface area contributed by atoms with E-state index in [1.807, 2.05) is 42.5 Å². The largest absolute Gasteiger partial charge is 0.502 e. The first-order valence-corrected chi connectivity index (χ1v) is 28.3. The van der Waals surface area contributed by atoms with E-state index < -0.39 is 5.97 Å². The minimum absolute atomic E-state index is 0.248. The van der Waals surface area contributed by atoms with Gasteiger partial charge < -0.3 is 42.6 Å². The maximum Gasteiger partial charge on any atom is 0.330 e. The second-order valence-corrected chi connectivity index (χ2v) is 18.1. The Morgan fingerprint density at radius 3 is 1.09 bits per heavy atom. The number of rotatable bonds is 52. The second-order valence-electron chi connectivity index (χ2n) is 18.1. The molecule has 16 heteroatoms. The molecule has 0 atom stereocenters. The van der Waals surface area contributed by atoms with Gasteiger partial charge >= 0.3 is 5.97 Å². The monoisotopic (exact) mass is 1130 g/mol. The molecule has 0 bridgehead atoms. The molecule has 0 heterocycles. The van der Waals surface area contributed by atoms with E-state index in [4.69, 9.17) is 72.0 Å². The summed E-state index contributed by atoms with van der Waals surface area (Å²) in [6.45, 7) is 27.7. The minimum Gasteiger partial charge on any atom is -0.502 e. The molecule has 0 aliphatic rings. The molecular formula is C66H86O16. The predicted molar refractivity (Wildman–Crippen MR) is 323 cm³/mol. The third-order valence-electron chi connectivity index (χ3n) is 11.7. The molecule has 0 unspecified atom stereocenters. The Morgan fingerprint density at radius 2 is 0.707 bits per heavy atom. The summed E-state index contributed by atoms with van der Waals surface area (Å²) in [5.41, 5.74) is 3.61. The number of carbonyl (C=O) groups excluding carboxylic acids is 1. The molecule has 0 aromatic heterocycles. The van der Waals surface area contributed by atoms with Crippen LogP contribution in [0.3, 0.4) is 0 Å². The number of hydrogen-bond donors (Lipinski definition) is 0. The maximum atomic E-state index is 11.7. The van der Waals surface area contributed by atoms with Gasteiger partial charge in [-0.05, 0) is 135 Å². The van der Waals surface area contributed by atoms with Crippen molar-refractivity contribution in [1.29, 1.82) is 0 Å². The fourth-order valence-corrected chi connectivity index (χ4v) is 7.54. The van der Waals surface area contributed by atoms with Crippen molar-refractivity contribution in [2.45, 2.75) is 77.0 Å². The van der Waals surface area contributed by atoms with Gasteiger partial charge in [-0.25, -0.2) is 34.1 Å². The van der Waals surface area contributed by atoms with Crippen LogP contribution in [0.5, 0.6) is 34.5 Å². The fraction of sp³-hybridized carbons (Fsp3) is 0.409. The highest BCUT2D eigenvalue weighted by molar-refractivity contribution is 5.89. The van der Waals surface area contributed by atoms with E-state index >= 15 is 0 Å². The van der Waals surface area contributed by atoms with Crippen LogP contribution in [0.4, 0.5) is 0 Å². The summed E-state index contributed by atoms with van der Waals surface area (Å²) in [6.07, 6.45) is 25.7. The Morgan fingerprint density at radius 1 is 0.354 bits per heavy atom. The van der Waals surface area contributed by atoms with Crippen LogP contribution in [0.1, 0.15) is 99.3 Å². The summed E-state index contributed by atoms with van der Waals surface area (Å²) in [6, 6.07) is 20.5. The molecule has 4 rings (SSSR count). The minimum atomic E-state index is -0.463. The number of esters is 1. The Hall–Kier alpha value is -7.31. The highest BCUT2D eigenvalue weighted by Crippen LogP contribution is 2.43. The van der Waals surface area contributed by atoms with Crippen LogP contribution in [0.25, 0.3) is 35.1 Å². The van der Waals surface area contributed by atoms with Crippen LogP contribution < -0.4 is 28.4 Å². The van der Waals surface area contributed by atoms with Crippen molar-refractivity contribution < 1.29 is 76.8 Å². The topological polar surface area (TPSA) is 156 Å². The van der Waals surface area contributed by atoms with Gasteiger partial charge in [0.25, 0.3) is 0 Å². The standard InChI is InChI=1S/C66H86O16/c1-7-37-77-80-49-22-19-43-71-61-36-34-56(63(73-45-18-17-44-72-62(67)10-4)66(61)76-48-21-24-51-82-79-39-9-3)29-25-54-27-31-59-53-55(28-32-58(59)52-54)26-30-57-33-35-60(70-42-15-13-40-68-11-5)65(75-47-16-14-41-69-12-6)64(57)74-46-20-23-50-81-78-38-8-2/h7-12,25-36,52-53H,1-6,13-24,37-51H2/b29-25+,30-26+. The molecule has 0 radical (unpaired) electrons. The SMILES string of the molecule is C=CCOOCCCCOc1ccc(/C=C/c2ccc3cc(/C=C/c4ccc(OCCCCOC=C)c(OCCCCOC=C)c4OCCCCOOCC=C)ccc3c2)c(OCCCCOC(=O)C=C)c1OCCCCOOCC=C. The van der Waals surface area contributed by atoms with Crippen LogP contribution >= 0.6 is 0 Å². The molecule has 0 N–H and O–H groups in total. The fourth-order valence-electron chi connectivity index (χ4n) is 7.54. The van der Waals surface area contributed by atoms with E-state index in [1.165, 1.54) is 12.5 Å². The smallest absolute Gasteiger partial charge is 0.330 e. The van der Waals surface area contributed by atoms with Crippen molar-refractivity contribution in [3.63, 3.8) is 0 Å². The van der Waals surface area contributed by atoms with E-state index in [0.717, 1.165) is 84.0 Å². The molecule has 446 valence electrons. The van der Waals surface area contributed by atoms with Gasteiger partial charge in [0, 0.05) is 17.2 Å². The van der Waals surface area contributed by atoms with Crippen molar-refractivity contribution >= 4 is 41.0 Å². The molecular weight excluding hydrogens is 1050 g/mol. The molecule has 0 spiro atoms. The third-order valence-corrected chi connectivity index (χ3v) is 11.7. The summed E-state index contributed by atoms with van der Waals surface area (Å²) in [5, 5.41) is 2.13. The number of unbranched alkanes of at least 4 members (excludes halogenated alkanes) is 6. The molecule has 0 saturated carbocycles. The third kappa shape index (κ3) is 27.9. The molecule has 0 amide bonds. The van der Waals surface area contributed by atoms with E-state index in [1.54, 1.807) is 18.2 Å². The van der Waals surface area contributed by atoms with Gasteiger partial charge in [-0.15, -0.1) is 19.7 Å². The number of hydrogen-bond acceptors (Lipinski definition) is 16. The van der Waals surface area contributed by atoms with Crippen LogP contribution in [0, 0.1) is 0 Å². The number of fused-ring (bicyclic) bond motifs is 1. The maximum absolute atomic E-state index is 11.7. The highest BCUT2D eigenvalue weighted by atomic mass is 17.2. The predicted octanol–water partition coefficient (Wildman–Crippen LogP) is 14.6. The van der Waals surface area contributed by atoms with Crippen molar-refractivity contribution in [3.8, 4) is 34.5 Å². The quantitative estimate of drug-likeness (QED) is 0.00601. The highest BCUT2D eigenvalue weighted by Gasteiger charge is 2.20. The summed E-state index contributed by atoms with van der Waals surface area (Å²) >= 11 is 0. The van der Waals surface area contributed by atoms with Gasteiger partial charge in [0.2, 0.25) is 11.5 Å². The second kappa shape index (κ2) is 44.4. The number of benzene rings is 4. The van der Waals surface area contributed by atoms with Gasteiger partial charge in [-0.2, -0.15) is 0 Å². The van der Waals surface area contributed by atoms with Gasteiger partial charge in [0.15, 0.2) is 23.0 Å². The number of carbonyl (C=O) groups is 1. The molecule has 82 heavy (non-hydrogen) atoms. The zero-order valence-electron chi connectivity index (χ0n) is 47.9. The molecule has 0 aliphatic heterocycles. The Labute approximate surface area is 485 Å². The lowest BCUT2D eigenvalue weighted by Crippen LogP contribution is -2.09. The molecule has 4 aromatic rings. The first-order chi connectivity index (χ1) is 40.5. The van der Waals surface area contributed by atoms with Crippen LogP contribution in [-0.2, 0) is 48.3 Å². The van der Waals surface area contributed by atoms with Crippen molar-refractivity contribution in [2.75, 3.05) is 99.1 Å². The number of ether oxygens (including phenoxy) is 9. The lowest BCUT2D eigenvalue weighted by Gasteiger charge is -2.19. The molecule has 0 aliphatic carbocycles. The summed E-state index contributed by atoms with van der Waals surface area (Å²) in [4.78, 5) is 42.6. The van der Waals surface area contributed by atoms with Crippen LogP contribution in [-0.4, -0.2) is 105 Å². The van der Waals surface area contributed by atoms with Gasteiger partial charge in [-0.3, -0.25) is 0 Å². The van der Waals surface area contributed by atoms with Gasteiger partial charge in [0.1, 0.15) is 19.8 Å². The molecule has 0 saturated heterocycles. The van der Waals surface area contributed by atoms with Gasteiger partial charge in [-0.1, -0.05) is 86.5 Å². The lowest BCUT2D eigenvalue weighted by atomic mass is 10.0. The first kappa shape index (κ1) is 67.2. The summed E-state index contributed by atoms with van der Waals surface area (Å²) in [7, 11) is 0. The summed E-state index contributed by atoms with van der Waals surface area (Å²) in [5.74, 6) is 2.85. The van der Waals surface area contributed by atoms with E-state index in [2.05, 4.69) is 81.9 Å². The lowest BCUT2D eigenvalue weighted by molar-refractivity contribution is -0.286. The summed E-state index contributed by atoms with van der Waals surface area (Å²) < 4.78 is 54.6. The zero-order valence-corrected chi connectivity index (χ0v) is 47.9. The average molecular weight is 1140 g/mol. The van der Waals surface area contributed by atoms with Gasteiger partial charge in [0.05, 0.1) is 91.8 Å². The van der Waals surface area contributed by atoms with E-state index in [9.17, 15) is 4.79 Å². The Bertz CT molecular complexity index is 2540. The average Bonchev–Trinajstić information content (AvgIpc) is 3.69.